The number of benzene rings is 2. The van der Waals surface area contributed by atoms with Crippen molar-refractivity contribution in [1.29, 1.82) is 0 Å². The average molecular weight is 533 g/mol. The molecular weight excluding hydrogens is 502 g/mol. The van der Waals surface area contributed by atoms with Crippen molar-refractivity contribution in [3.63, 3.8) is 0 Å². The van der Waals surface area contributed by atoms with Crippen molar-refractivity contribution in [2.45, 2.75) is 26.2 Å². The third-order valence-corrected chi connectivity index (χ3v) is 7.16. The summed E-state index contributed by atoms with van der Waals surface area (Å²) in [6, 6.07) is 13.5. The Balaban J connectivity index is 1.54. The molecule has 33 heavy (non-hydrogen) atoms. The largest absolute Gasteiger partial charge is 0.494 e. The van der Waals surface area contributed by atoms with Crippen LogP contribution < -0.4 is 9.64 Å². The lowest BCUT2D eigenvalue weighted by Crippen LogP contribution is -2.39. The van der Waals surface area contributed by atoms with E-state index in [0.29, 0.717) is 18.7 Å². The molecule has 6 nitrogen and oxygen atoms in total. The summed E-state index contributed by atoms with van der Waals surface area (Å²) >= 11 is 5.08. The van der Waals surface area contributed by atoms with Crippen LogP contribution in [0.3, 0.4) is 0 Å². The van der Waals surface area contributed by atoms with E-state index in [1.54, 1.807) is 11.3 Å². The van der Waals surface area contributed by atoms with Gasteiger partial charge in [-0.3, -0.25) is 14.6 Å². The van der Waals surface area contributed by atoms with Crippen LogP contribution in [0.25, 0.3) is 10.2 Å². The van der Waals surface area contributed by atoms with Crippen LogP contribution in [0.1, 0.15) is 36.5 Å². The van der Waals surface area contributed by atoms with Crippen molar-refractivity contribution < 1.29 is 14.3 Å². The number of rotatable bonds is 10. The van der Waals surface area contributed by atoms with Gasteiger partial charge >= 0.3 is 0 Å². The Hall–Kier alpha value is -2.00. The number of halogens is 1. The van der Waals surface area contributed by atoms with Gasteiger partial charge in [-0.25, -0.2) is 4.98 Å². The van der Waals surface area contributed by atoms with Crippen LogP contribution in [0.5, 0.6) is 5.75 Å². The molecular formula is C25H30BrN3O3S. The lowest BCUT2D eigenvalue weighted by atomic mass is 10.2. The minimum atomic E-state index is -0.0453. The number of amides is 1. The lowest BCUT2D eigenvalue weighted by molar-refractivity contribution is 0.0376. The van der Waals surface area contributed by atoms with Crippen LogP contribution in [0.15, 0.2) is 46.9 Å². The standard InChI is InChI=1S/C25H30BrN3O3S/c1-2-3-14-32-21-7-4-6-19(17-21)24(30)29(11-5-10-28-12-15-31-16-13-28)25-27-22-9-8-20(26)18-23(22)33-25/h4,6-9,17-18H,2-3,5,10-16H2,1H3. The Kier molecular flexibility index (Phi) is 8.72. The summed E-state index contributed by atoms with van der Waals surface area (Å²) in [5.74, 6) is 0.687. The van der Waals surface area contributed by atoms with Gasteiger partial charge in [0.1, 0.15) is 5.75 Å². The van der Waals surface area contributed by atoms with Gasteiger partial charge in [-0.1, -0.05) is 46.7 Å². The number of morpholine rings is 1. The van der Waals surface area contributed by atoms with Crippen molar-refractivity contribution in [3.8, 4) is 5.75 Å². The number of nitrogens with zero attached hydrogens (tertiary/aromatic N) is 3. The molecule has 4 rings (SSSR count). The minimum Gasteiger partial charge on any atom is -0.494 e. The third-order valence-electron chi connectivity index (χ3n) is 5.62. The zero-order valence-corrected chi connectivity index (χ0v) is 21.4. The summed E-state index contributed by atoms with van der Waals surface area (Å²) in [5.41, 5.74) is 1.52. The molecule has 0 aliphatic carbocycles. The van der Waals surface area contributed by atoms with Crippen LogP contribution in [0.2, 0.25) is 0 Å². The first kappa shape index (κ1) is 24.1. The molecule has 0 atom stereocenters. The van der Waals surface area contributed by atoms with Crippen LogP contribution in [-0.4, -0.2) is 61.8 Å². The van der Waals surface area contributed by atoms with E-state index in [2.05, 4.69) is 33.8 Å². The van der Waals surface area contributed by atoms with E-state index in [1.807, 2.05) is 41.3 Å². The molecule has 8 heteroatoms. The normalized spacial score (nSPS) is 14.5. The van der Waals surface area contributed by atoms with Gasteiger partial charge in [-0.05, 0) is 49.2 Å². The van der Waals surface area contributed by atoms with Crippen LogP contribution in [0.4, 0.5) is 5.13 Å². The maximum absolute atomic E-state index is 13.6. The molecule has 3 aromatic rings. The van der Waals surface area contributed by atoms with Gasteiger partial charge < -0.3 is 9.47 Å². The second-order valence-electron chi connectivity index (χ2n) is 8.10. The number of carbonyl (C=O) groups excluding carboxylic acids is 1. The second-order valence-corrected chi connectivity index (χ2v) is 10.0. The molecule has 0 N–H and O–H groups in total. The van der Waals surface area contributed by atoms with Gasteiger partial charge in [0.05, 0.1) is 30.0 Å². The average Bonchev–Trinajstić information content (AvgIpc) is 3.25. The number of anilines is 1. The van der Waals surface area contributed by atoms with Gasteiger partial charge in [0.2, 0.25) is 0 Å². The molecule has 1 aliphatic heterocycles. The number of fused-ring (bicyclic) bond motifs is 1. The maximum atomic E-state index is 13.6. The van der Waals surface area contributed by atoms with Crippen LogP contribution in [0, 0.1) is 0 Å². The summed E-state index contributed by atoms with van der Waals surface area (Å²) in [5, 5.41) is 0.729. The highest BCUT2D eigenvalue weighted by Gasteiger charge is 2.22. The summed E-state index contributed by atoms with van der Waals surface area (Å²) in [6.45, 7) is 7.78. The molecule has 1 saturated heterocycles. The Morgan fingerprint density at radius 3 is 2.88 bits per heavy atom. The van der Waals surface area contributed by atoms with E-state index in [-0.39, 0.29) is 5.91 Å². The molecule has 0 unspecified atom stereocenters. The summed E-state index contributed by atoms with van der Waals surface area (Å²) in [4.78, 5) is 22.7. The zero-order chi connectivity index (χ0) is 23.0. The highest BCUT2D eigenvalue weighted by Crippen LogP contribution is 2.32. The van der Waals surface area contributed by atoms with Crippen LogP contribution >= 0.6 is 27.3 Å². The van der Waals surface area contributed by atoms with Crippen molar-refractivity contribution in [3.05, 3.63) is 52.5 Å². The van der Waals surface area contributed by atoms with Gasteiger partial charge in [0, 0.05) is 36.2 Å². The van der Waals surface area contributed by atoms with E-state index < -0.39 is 0 Å². The van der Waals surface area contributed by atoms with E-state index in [1.165, 1.54) is 0 Å². The molecule has 1 fully saturated rings. The van der Waals surface area contributed by atoms with Gasteiger partial charge in [0.25, 0.3) is 5.91 Å². The summed E-state index contributed by atoms with van der Waals surface area (Å²) < 4.78 is 13.4. The Morgan fingerprint density at radius 1 is 1.21 bits per heavy atom. The number of carbonyl (C=O) groups is 1. The SMILES string of the molecule is CCCCOc1cccc(C(=O)N(CCCN2CCOCC2)c2nc3ccc(Br)cc3s2)c1. The first-order valence-electron chi connectivity index (χ1n) is 11.5. The number of hydrogen-bond acceptors (Lipinski definition) is 6. The van der Waals surface area contributed by atoms with Gasteiger partial charge in [-0.15, -0.1) is 0 Å². The van der Waals surface area contributed by atoms with Gasteiger partial charge in [-0.2, -0.15) is 0 Å². The predicted molar refractivity (Wildman–Crippen MR) is 138 cm³/mol. The molecule has 2 heterocycles. The Bertz CT molecular complexity index is 1070. The van der Waals surface area contributed by atoms with Gasteiger partial charge in [0.15, 0.2) is 5.13 Å². The molecule has 1 amide bonds. The quantitative estimate of drug-likeness (QED) is 0.318. The molecule has 0 spiro atoms. The first-order chi connectivity index (χ1) is 16.1. The maximum Gasteiger partial charge on any atom is 0.260 e. The molecule has 0 bridgehead atoms. The minimum absolute atomic E-state index is 0.0453. The zero-order valence-electron chi connectivity index (χ0n) is 19.0. The fourth-order valence-corrected chi connectivity index (χ4v) is 5.31. The number of thiazole rings is 1. The monoisotopic (exact) mass is 531 g/mol. The van der Waals surface area contributed by atoms with Crippen molar-refractivity contribution in [2.24, 2.45) is 0 Å². The fourth-order valence-electron chi connectivity index (χ4n) is 3.77. The van der Waals surface area contributed by atoms with Crippen molar-refractivity contribution in [1.82, 2.24) is 9.88 Å². The molecule has 0 saturated carbocycles. The summed E-state index contributed by atoms with van der Waals surface area (Å²) in [6.07, 6.45) is 2.94. The van der Waals surface area contributed by atoms with Crippen molar-refractivity contribution >= 4 is 48.5 Å². The number of hydrogen-bond donors (Lipinski definition) is 0. The molecule has 0 radical (unpaired) electrons. The molecule has 1 aromatic heterocycles. The highest BCUT2D eigenvalue weighted by molar-refractivity contribution is 9.10. The second kappa shape index (κ2) is 11.9. The van der Waals surface area contributed by atoms with E-state index in [9.17, 15) is 4.79 Å². The number of unbranched alkanes of at least 4 members (excludes halogenated alkanes) is 1. The predicted octanol–water partition coefficient (Wildman–Crippen LogP) is 5.61. The third kappa shape index (κ3) is 6.53. The smallest absolute Gasteiger partial charge is 0.260 e. The topological polar surface area (TPSA) is 54.9 Å². The number of ether oxygens (including phenoxy) is 2. The molecule has 1 aliphatic rings. The Morgan fingerprint density at radius 2 is 2.06 bits per heavy atom. The number of aromatic nitrogens is 1. The van der Waals surface area contributed by atoms with Crippen LogP contribution in [-0.2, 0) is 4.74 Å². The summed E-state index contributed by atoms with van der Waals surface area (Å²) in [7, 11) is 0. The lowest BCUT2D eigenvalue weighted by Gasteiger charge is -2.27. The highest BCUT2D eigenvalue weighted by atomic mass is 79.9. The first-order valence-corrected chi connectivity index (χ1v) is 13.2. The molecule has 176 valence electrons. The van der Waals surface area contributed by atoms with Crippen molar-refractivity contribution in [2.75, 3.05) is 50.9 Å². The van der Waals surface area contributed by atoms with E-state index >= 15 is 0 Å². The molecule has 2 aromatic carbocycles. The van der Waals surface area contributed by atoms with E-state index in [4.69, 9.17) is 14.5 Å². The Labute approximate surface area is 207 Å². The van der Waals surface area contributed by atoms with E-state index in [0.717, 1.165) is 77.7 Å². The fraction of sp³-hybridized carbons (Fsp3) is 0.440.